The van der Waals surface area contributed by atoms with Crippen molar-refractivity contribution in [2.45, 2.75) is 20.0 Å². The minimum absolute atomic E-state index is 0.121. The lowest BCUT2D eigenvalue weighted by Crippen LogP contribution is -1.94. The van der Waals surface area contributed by atoms with Crippen molar-refractivity contribution in [3.8, 4) is 0 Å². The monoisotopic (exact) mass is 203 g/mol. The minimum atomic E-state index is -0.121. The van der Waals surface area contributed by atoms with Crippen LogP contribution in [0.2, 0.25) is 0 Å². The topological polar surface area (TPSA) is 61.8 Å². The maximum atomic E-state index is 8.83. The van der Waals surface area contributed by atoms with E-state index >= 15 is 0 Å². The molecule has 78 valence electrons. The lowest BCUT2D eigenvalue weighted by atomic mass is 10.1. The maximum Gasteiger partial charge on any atom is 0.176 e. The number of aliphatic hydroxyl groups excluding tert-OH is 1. The first-order valence-electron chi connectivity index (χ1n) is 4.85. The van der Waals surface area contributed by atoms with Crippen LogP contribution in [-0.4, -0.2) is 20.3 Å². The molecule has 1 heterocycles. The van der Waals surface area contributed by atoms with Crippen molar-refractivity contribution < 1.29 is 5.11 Å². The maximum absolute atomic E-state index is 8.83. The highest BCUT2D eigenvalue weighted by atomic mass is 16.3. The number of aromatic amines is 1. The van der Waals surface area contributed by atoms with Crippen LogP contribution < -0.4 is 0 Å². The Morgan fingerprint density at radius 2 is 2.13 bits per heavy atom. The molecular formula is C11H13N3O. The summed E-state index contributed by atoms with van der Waals surface area (Å²) in [6, 6.07) is 8.15. The summed E-state index contributed by atoms with van der Waals surface area (Å²) in [5.74, 6) is 1.23. The molecule has 4 nitrogen and oxygen atoms in total. The number of H-pyrrole nitrogens is 1. The highest BCUT2D eigenvalue weighted by Crippen LogP contribution is 2.10. The first-order valence-corrected chi connectivity index (χ1v) is 4.85. The zero-order valence-electron chi connectivity index (χ0n) is 8.57. The first-order chi connectivity index (χ1) is 7.29. The molecule has 2 rings (SSSR count). The number of aromatic nitrogens is 3. The molecule has 0 aliphatic carbocycles. The van der Waals surface area contributed by atoms with Crippen LogP contribution in [0.15, 0.2) is 24.3 Å². The first kappa shape index (κ1) is 9.86. The van der Waals surface area contributed by atoms with Gasteiger partial charge in [0.1, 0.15) is 12.4 Å². The summed E-state index contributed by atoms with van der Waals surface area (Å²) < 4.78 is 0. The minimum Gasteiger partial charge on any atom is -0.388 e. The Bertz CT molecular complexity index is 451. The smallest absolute Gasteiger partial charge is 0.176 e. The van der Waals surface area contributed by atoms with Crippen molar-refractivity contribution in [1.29, 1.82) is 0 Å². The van der Waals surface area contributed by atoms with Crippen LogP contribution in [-0.2, 0) is 13.0 Å². The van der Waals surface area contributed by atoms with Gasteiger partial charge in [0.15, 0.2) is 5.82 Å². The van der Waals surface area contributed by atoms with Gasteiger partial charge in [0.05, 0.1) is 0 Å². The Morgan fingerprint density at radius 3 is 2.80 bits per heavy atom. The van der Waals surface area contributed by atoms with Crippen LogP contribution in [0.25, 0.3) is 0 Å². The normalized spacial score (nSPS) is 10.5. The molecule has 0 aliphatic heterocycles. The fourth-order valence-corrected chi connectivity index (χ4v) is 1.47. The van der Waals surface area contributed by atoms with Crippen molar-refractivity contribution in [3.63, 3.8) is 0 Å². The quantitative estimate of drug-likeness (QED) is 0.787. The van der Waals surface area contributed by atoms with Gasteiger partial charge < -0.3 is 5.11 Å². The SMILES string of the molecule is Cc1ccccc1Cc1nc(CO)n[nH]1. The van der Waals surface area contributed by atoms with Gasteiger partial charge in [-0.1, -0.05) is 24.3 Å². The van der Waals surface area contributed by atoms with Crippen LogP contribution in [0.5, 0.6) is 0 Å². The van der Waals surface area contributed by atoms with Gasteiger partial charge >= 0.3 is 0 Å². The van der Waals surface area contributed by atoms with E-state index in [0.29, 0.717) is 5.82 Å². The second-order valence-electron chi connectivity index (χ2n) is 3.46. The van der Waals surface area contributed by atoms with E-state index in [-0.39, 0.29) is 6.61 Å². The Labute approximate surface area is 88.0 Å². The zero-order chi connectivity index (χ0) is 10.7. The lowest BCUT2D eigenvalue weighted by molar-refractivity contribution is 0.272. The van der Waals surface area contributed by atoms with Crippen LogP contribution in [0, 0.1) is 6.92 Å². The third-order valence-electron chi connectivity index (χ3n) is 2.34. The molecule has 2 aromatic rings. The molecule has 0 bridgehead atoms. The molecule has 0 radical (unpaired) electrons. The molecule has 0 unspecified atom stereocenters. The van der Waals surface area contributed by atoms with Gasteiger partial charge in [0.25, 0.3) is 0 Å². The zero-order valence-corrected chi connectivity index (χ0v) is 8.57. The van der Waals surface area contributed by atoms with Gasteiger partial charge in [0.2, 0.25) is 0 Å². The van der Waals surface area contributed by atoms with E-state index in [2.05, 4.69) is 34.2 Å². The standard InChI is InChI=1S/C11H13N3O/c1-8-4-2-3-5-9(8)6-10-12-11(7-15)14-13-10/h2-5,15H,6-7H2,1H3,(H,12,13,14). The van der Waals surface area contributed by atoms with E-state index in [4.69, 9.17) is 5.11 Å². The number of nitrogens with one attached hydrogen (secondary N) is 1. The number of rotatable bonds is 3. The summed E-state index contributed by atoms with van der Waals surface area (Å²) in [7, 11) is 0. The molecule has 1 aromatic heterocycles. The molecule has 0 spiro atoms. The largest absolute Gasteiger partial charge is 0.388 e. The number of nitrogens with zero attached hydrogens (tertiary/aromatic N) is 2. The fourth-order valence-electron chi connectivity index (χ4n) is 1.47. The second kappa shape index (κ2) is 4.23. The summed E-state index contributed by atoms with van der Waals surface area (Å²) in [6.45, 7) is 1.95. The molecule has 4 heteroatoms. The van der Waals surface area contributed by atoms with Crippen LogP contribution in [0.3, 0.4) is 0 Å². The summed E-state index contributed by atoms with van der Waals surface area (Å²) >= 11 is 0. The van der Waals surface area contributed by atoms with Gasteiger partial charge in [-0.3, -0.25) is 5.10 Å². The van der Waals surface area contributed by atoms with Gasteiger partial charge in [0, 0.05) is 6.42 Å². The Morgan fingerprint density at radius 1 is 1.33 bits per heavy atom. The third-order valence-corrected chi connectivity index (χ3v) is 2.34. The molecule has 0 fully saturated rings. The van der Waals surface area contributed by atoms with E-state index in [1.54, 1.807) is 0 Å². The summed E-state index contributed by atoms with van der Waals surface area (Å²) in [4.78, 5) is 4.15. The van der Waals surface area contributed by atoms with Gasteiger partial charge in [-0.15, -0.1) is 0 Å². The molecule has 0 saturated heterocycles. The average molecular weight is 203 g/mol. The Balaban J connectivity index is 2.18. The number of aryl methyl sites for hydroxylation is 1. The van der Waals surface area contributed by atoms with Crippen molar-refractivity contribution >= 4 is 0 Å². The molecule has 15 heavy (non-hydrogen) atoms. The van der Waals surface area contributed by atoms with Gasteiger partial charge in [-0.25, -0.2) is 4.98 Å². The molecule has 0 atom stereocenters. The van der Waals surface area contributed by atoms with Crippen molar-refractivity contribution in [1.82, 2.24) is 15.2 Å². The van der Waals surface area contributed by atoms with E-state index in [1.807, 2.05) is 12.1 Å². The predicted octanol–water partition coefficient (Wildman–Crippen LogP) is 1.20. The molecule has 0 amide bonds. The number of benzene rings is 1. The van der Waals surface area contributed by atoms with Crippen molar-refractivity contribution in [2.75, 3.05) is 0 Å². The molecular weight excluding hydrogens is 190 g/mol. The summed E-state index contributed by atoms with van der Waals surface area (Å²) in [6.07, 6.45) is 0.722. The second-order valence-corrected chi connectivity index (χ2v) is 3.46. The van der Waals surface area contributed by atoms with Crippen LogP contribution in [0.4, 0.5) is 0 Å². The van der Waals surface area contributed by atoms with Crippen LogP contribution in [0.1, 0.15) is 22.8 Å². The Hall–Kier alpha value is -1.68. The fraction of sp³-hybridized carbons (Fsp3) is 0.273. The van der Waals surface area contributed by atoms with E-state index in [0.717, 1.165) is 12.2 Å². The molecule has 1 aromatic carbocycles. The third kappa shape index (κ3) is 2.22. The number of aliphatic hydroxyl groups is 1. The van der Waals surface area contributed by atoms with E-state index in [1.165, 1.54) is 11.1 Å². The van der Waals surface area contributed by atoms with E-state index < -0.39 is 0 Å². The van der Waals surface area contributed by atoms with Crippen molar-refractivity contribution in [2.24, 2.45) is 0 Å². The molecule has 2 N–H and O–H groups in total. The van der Waals surface area contributed by atoms with Crippen molar-refractivity contribution in [3.05, 3.63) is 47.0 Å². The average Bonchev–Trinajstić information content (AvgIpc) is 2.69. The van der Waals surface area contributed by atoms with E-state index in [9.17, 15) is 0 Å². The number of hydrogen-bond acceptors (Lipinski definition) is 3. The van der Waals surface area contributed by atoms with Gasteiger partial charge in [-0.05, 0) is 18.1 Å². The summed E-state index contributed by atoms with van der Waals surface area (Å²) in [5.41, 5.74) is 2.46. The molecule has 0 saturated carbocycles. The lowest BCUT2D eigenvalue weighted by Gasteiger charge is -2.01. The highest BCUT2D eigenvalue weighted by Gasteiger charge is 2.04. The summed E-state index contributed by atoms with van der Waals surface area (Å²) in [5, 5.41) is 15.5. The number of hydrogen-bond donors (Lipinski definition) is 2. The Kier molecular flexibility index (Phi) is 2.78. The molecule has 0 aliphatic rings. The van der Waals surface area contributed by atoms with Gasteiger partial charge in [-0.2, -0.15) is 5.10 Å². The van der Waals surface area contributed by atoms with Crippen LogP contribution >= 0.6 is 0 Å². The highest BCUT2D eigenvalue weighted by molar-refractivity contribution is 5.28. The predicted molar refractivity (Wildman–Crippen MR) is 56.3 cm³/mol.